The first-order valence-corrected chi connectivity index (χ1v) is 6.61. The van der Waals surface area contributed by atoms with E-state index >= 15 is 0 Å². The summed E-state index contributed by atoms with van der Waals surface area (Å²) in [7, 11) is 1.56. The van der Waals surface area contributed by atoms with Crippen LogP contribution in [-0.2, 0) is 18.0 Å². The van der Waals surface area contributed by atoms with Crippen molar-refractivity contribution in [3.05, 3.63) is 65.0 Å². The number of methoxy groups -OCH3 is 1. The molecule has 21 heavy (non-hydrogen) atoms. The molecule has 0 fully saturated rings. The normalized spacial score (nSPS) is 10.4. The number of rotatable bonds is 6. The second kappa shape index (κ2) is 6.99. The number of carbonyl (C=O) groups is 1. The Bertz CT molecular complexity index is 638. The molecule has 0 heterocycles. The molecule has 0 saturated carbocycles. The van der Waals surface area contributed by atoms with Crippen molar-refractivity contribution in [2.75, 3.05) is 7.11 Å². The van der Waals surface area contributed by atoms with Crippen molar-refractivity contribution in [2.24, 2.45) is 0 Å². The van der Waals surface area contributed by atoms with E-state index in [1.54, 1.807) is 43.5 Å². The van der Waals surface area contributed by atoms with Crippen molar-refractivity contribution in [2.45, 2.75) is 20.1 Å². The number of hydrogen-bond acceptors (Lipinski definition) is 3. The van der Waals surface area contributed by atoms with Crippen LogP contribution in [0.3, 0.4) is 0 Å². The lowest BCUT2D eigenvalue weighted by molar-refractivity contribution is 0.100. The second-order valence-electron chi connectivity index (χ2n) is 4.67. The molecule has 2 aromatic carbocycles. The van der Waals surface area contributed by atoms with Crippen molar-refractivity contribution in [1.29, 1.82) is 0 Å². The van der Waals surface area contributed by atoms with Gasteiger partial charge in [-0.3, -0.25) is 4.79 Å². The highest BCUT2D eigenvalue weighted by atomic mass is 19.1. The predicted octanol–water partition coefficient (Wildman–Crippen LogP) is 3.75. The van der Waals surface area contributed by atoms with Gasteiger partial charge in [0.15, 0.2) is 5.78 Å². The number of benzene rings is 2. The topological polar surface area (TPSA) is 35.5 Å². The van der Waals surface area contributed by atoms with Gasteiger partial charge in [-0.1, -0.05) is 18.2 Å². The van der Waals surface area contributed by atoms with Crippen LogP contribution in [0, 0.1) is 5.82 Å². The molecule has 0 saturated heterocycles. The molecule has 0 atom stereocenters. The fraction of sp³-hybridized carbons (Fsp3) is 0.235. The third kappa shape index (κ3) is 3.89. The maximum Gasteiger partial charge on any atom is 0.159 e. The van der Waals surface area contributed by atoms with Crippen LogP contribution in [0.25, 0.3) is 0 Å². The van der Waals surface area contributed by atoms with Gasteiger partial charge in [0.2, 0.25) is 0 Å². The van der Waals surface area contributed by atoms with E-state index in [0.29, 0.717) is 16.9 Å². The van der Waals surface area contributed by atoms with Gasteiger partial charge in [0.1, 0.15) is 11.6 Å². The van der Waals surface area contributed by atoms with Crippen LogP contribution < -0.4 is 4.74 Å². The first kappa shape index (κ1) is 15.2. The van der Waals surface area contributed by atoms with E-state index in [0.717, 1.165) is 5.56 Å². The number of hydrogen-bond donors (Lipinski definition) is 0. The van der Waals surface area contributed by atoms with Crippen molar-refractivity contribution < 1.29 is 18.7 Å². The van der Waals surface area contributed by atoms with Gasteiger partial charge < -0.3 is 9.47 Å². The minimum Gasteiger partial charge on any atom is -0.496 e. The van der Waals surface area contributed by atoms with Gasteiger partial charge in [-0.05, 0) is 31.2 Å². The minimum atomic E-state index is -0.290. The zero-order valence-electron chi connectivity index (χ0n) is 12.1. The third-order valence-electron chi connectivity index (χ3n) is 3.16. The Morgan fingerprint density at radius 3 is 2.48 bits per heavy atom. The van der Waals surface area contributed by atoms with Crippen LogP contribution in [0.15, 0.2) is 42.5 Å². The van der Waals surface area contributed by atoms with Crippen LogP contribution in [0.2, 0.25) is 0 Å². The molecule has 4 heteroatoms. The van der Waals surface area contributed by atoms with E-state index in [1.807, 2.05) is 0 Å². The van der Waals surface area contributed by atoms with E-state index in [-0.39, 0.29) is 24.8 Å². The third-order valence-corrected chi connectivity index (χ3v) is 3.16. The number of ketones is 1. The van der Waals surface area contributed by atoms with E-state index < -0.39 is 0 Å². The molecule has 0 N–H and O–H groups in total. The molecule has 0 amide bonds. The number of ether oxygens (including phenoxy) is 2. The Labute approximate surface area is 123 Å². The molecule has 0 aliphatic carbocycles. The first-order valence-electron chi connectivity index (χ1n) is 6.61. The average Bonchev–Trinajstić information content (AvgIpc) is 2.49. The molecule has 0 unspecified atom stereocenters. The van der Waals surface area contributed by atoms with E-state index in [9.17, 15) is 9.18 Å². The van der Waals surface area contributed by atoms with Crippen molar-refractivity contribution in [1.82, 2.24) is 0 Å². The summed E-state index contributed by atoms with van der Waals surface area (Å²) in [6.45, 7) is 1.92. The Kier molecular flexibility index (Phi) is 5.06. The molecular formula is C17H17FO3. The Morgan fingerprint density at radius 2 is 1.81 bits per heavy atom. The van der Waals surface area contributed by atoms with Gasteiger partial charge in [0.25, 0.3) is 0 Å². The van der Waals surface area contributed by atoms with Crippen LogP contribution in [0.5, 0.6) is 5.75 Å². The lowest BCUT2D eigenvalue weighted by Gasteiger charge is -2.11. The average molecular weight is 288 g/mol. The molecule has 2 aromatic rings. The standard InChI is InChI=1S/C17H17FO3/c1-12(19)13-7-8-17(20-2)15(9-13)11-21-10-14-5-3-4-6-16(14)18/h3-9H,10-11H2,1-2H3. The maximum atomic E-state index is 13.5. The van der Waals surface area contributed by atoms with Crippen molar-refractivity contribution >= 4 is 5.78 Å². The summed E-state index contributed by atoms with van der Waals surface area (Å²) in [5.41, 5.74) is 1.86. The predicted molar refractivity (Wildman–Crippen MR) is 77.9 cm³/mol. The minimum absolute atomic E-state index is 0.0204. The summed E-state index contributed by atoms with van der Waals surface area (Å²) >= 11 is 0. The number of halogens is 1. The van der Waals surface area contributed by atoms with Gasteiger partial charge in [0, 0.05) is 16.7 Å². The molecular weight excluding hydrogens is 271 g/mol. The molecule has 110 valence electrons. The van der Waals surface area contributed by atoms with Gasteiger partial charge in [0.05, 0.1) is 20.3 Å². The van der Waals surface area contributed by atoms with Crippen molar-refractivity contribution in [3.63, 3.8) is 0 Å². The smallest absolute Gasteiger partial charge is 0.159 e. The van der Waals surface area contributed by atoms with Crippen LogP contribution in [-0.4, -0.2) is 12.9 Å². The fourth-order valence-corrected chi connectivity index (χ4v) is 2.00. The first-order chi connectivity index (χ1) is 10.1. The van der Waals surface area contributed by atoms with Gasteiger partial charge in [-0.2, -0.15) is 0 Å². The summed E-state index contributed by atoms with van der Waals surface area (Å²) in [6, 6.07) is 11.7. The number of carbonyl (C=O) groups excluding carboxylic acids is 1. The molecule has 0 aliphatic rings. The quantitative estimate of drug-likeness (QED) is 0.759. The molecule has 0 aromatic heterocycles. The van der Waals surface area contributed by atoms with Crippen LogP contribution in [0.1, 0.15) is 28.4 Å². The number of Topliss-reactive ketones (excluding diaryl/α,β-unsaturated/α-hetero) is 1. The fourth-order valence-electron chi connectivity index (χ4n) is 2.00. The summed E-state index contributed by atoms with van der Waals surface area (Å²) in [5.74, 6) is 0.337. The van der Waals surface area contributed by atoms with E-state index in [4.69, 9.17) is 9.47 Å². The van der Waals surface area contributed by atoms with Crippen LogP contribution >= 0.6 is 0 Å². The molecule has 2 rings (SSSR count). The second-order valence-corrected chi connectivity index (χ2v) is 4.67. The van der Waals surface area contributed by atoms with Crippen molar-refractivity contribution in [3.8, 4) is 5.75 Å². The largest absolute Gasteiger partial charge is 0.496 e. The Hall–Kier alpha value is -2.20. The van der Waals surface area contributed by atoms with Gasteiger partial charge in [-0.25, -0.2) is 4.39 Å². The highest BCUT2D eigenvalue weighted by molar-refractivity contribution is 5.94. The molecule has 3 nitrogen and oxygen atoms in total. The summed E-state index contributed by atoms with van der Waals surface area (Å²) < 4.78 is 24.3. The maximum absolute atomic E-state index is 13.5. The molecule has 0 bridgehead atoms. The highest BCUT2D eigenvalue weighted by Gasteiger charge is 2.08. The molecule has 0 radical (unpaired) electrons. The molecule has 0 spiro atoms. The monoisotopic (exact) mass is 288 g/mol. The van der Waals surface area contributed by atoms with E-state index in [1.165, 1.54) is 13.0 Å². The summed E-state index contributed by atoms with van der Waals surface area (Å²) in [5, 5.41) is 0. The lowest BCUT2D eigenvalue weighted by Crippen LogP contribution is -2.01. The summed E-state index contributed by atoms with van der Waals surface area (Å²) in [6.07, 6.45) is 0. The zero-order chi connectivity index (χ0) is 15.2. The zero-order valence-corrected chi connectivity index (χ0v) is 12.1. The van der Waals surface area contributed by atoms with E-state index in [2.05, 4.69) is 0 Å². The lowest BCUT2D eigenvalue weighted by atomic mass is 10.1. The molecule has 0 aliphatic heterocycles. The highest BCUT2D eigenvalue weighted by Crippen LogP contribution is 2.22. The summed E-state index contributed by atoms with van der Waals surface area (Å²) in [4.78, 5) is 11.4. The SMILES string of the molecule is COc1ccc(C(C)=O)cc1COCc1ccccc1F. The van der Waals surface area contributed by atoms with Gasteiger partial charge >= 0.3 is 0 Å². The Morgan fingerprint density at radius 1 is 1.10 bits per heavy atom. The van der Waals surface area contributed by atoms with Gasteiger partial charge in [-0.15, -0.1) is 0 Å². The Balaban J connectivity index is 2.07. The van der Waals surface area contributed by atoms with Crippen LogP contribution in [0.4, 0.5) is 4.39 Å².